The maximum Gasteiger partial charge on any atom is 0.238 e. The number of benzene rings is 1. The molecule has 1 aliphatic rings. The number of halogens is 1. The van der Waals surface area contributed by atoms with E-state index in [-0.39, 0.29) is 10.6 Å². The van der Waals surface area contributed by atoms with E-state index in [1.54, 1.807) is 0 Å². The van der Waals surface area contributed by atoms with E-state index >= 15 is 0 Å². The summed E-state index contributed by atoms with van der Waals surface area (Å²) in [5.41, 5.74) is 0. The maximum atomic E-state index is 13.5. The normalized spacial score (nSPS) is 15.9. The Balaban J connectivity index is 2.02. The quantitative estimate of drug-likeness (QED) is 0.874. The Morgan fingerprint density at radius 2 is 2.12 bits per heavy atom. The molecular formula is C11H14FNO3S. The van der Waals surface area contributed by atoms with Crippen LogP contribution in [0.3, 0.4) is 0 Å². The van der Waals surface area contributed by atoms with Crippen LogP contribution in [0.2, 0.25) is 0 Å². The molecule has 0 amide bonds. The lowest BCUT2D eigenvalue weighted by atomic mass is 10.3. The molecule has 4 nitrogen and oxygen atoms in total. The Hall–Kier alpha value is -1.14. The smallest absolute Gasteiger partial charge is 0.238 e. The van der Waals surface area contributed by atoms with E-state index in [2.05, 4.69) is 0 Å². The van der Waals surface area contributed by atoms with Crippen molar-refractivity contribution in [1.82, 2.24) is 0 Å². The summed E-state index contributed by atoms with van der Waals surface area (Å²) >= 11 is 0. The molecule has 0 radical (unpaired) electrons. The molecule has 0 heterocycles. The van der Waals surface area contributed by atoms with Gasteiger partial charge in [-0.3, -0.25) is 0 Å². The third-order valence-corrected chi connectivity index (χ3v) is 3.62. The van der Waals surface area contributed by atoms with Crippen LogP contribution in [0.1, 0.15) is 19.3 Å². The summed E-state index contributed by atoms with van der Waals surface area (Å²) in [4.78, 5) is -0.246. The molecule has 6 heteroatoms. The molecule has 1 saturated carbocycles. The van der Waals surface area contributed by atoms with Gasteiger partial charge >= 0.3 is 0 Å². The molecule has 0 aromatic heterocycles. The van der Waals surface area contributed by atoms with E-state index in [0.29, 0.717) is 12.5 Å². The lowest BCUT2D eigenvalue weighted by Crippen LogP contribution is -2.12. The third-order valence-electron chi connectivity index (χ3n) is 2.71. The zero-order chi connectivity index (χ0) is 12.5. The lowest BCUT2D eigenvalue weighted by molar-refractivity contribution is 0.287. The van der Waals surface area contributed by atoms with Crippen molar-refractivity contribution in [1.29, 1.82) is 0 Å². The Bertz CT molecular complexity index is 511. The highest BCUT2D eigenvalue weighted by molar-refractivity contribution is 7.89. The molecule has 0 aliphatic heterocycles. The summed E-state index contributed by atoms with van der Waals surface area (Å²) in [5, 5.41) is 4.89. The van der Waals surface area contributed by atoms with Crippen molar-refractivity contribution in [3.63, 3.8) is 0 Å². The second kappa shape index (κ2) is 4.62. The summed E-state index contributed by atoms with van der Waals surface area (Å²) < 4.78 is 40.7. The highest BCUT2D eigenvalue weighted by Crippen LogP contribution is 2.32. The first-order valence-corrected chi connectivity index (χ1v) is 6.96. The largest absolute Gasteiger partial charge is 0.491 e. The van der Waals surface area contributed by atoms with Gasteiger partial charge in [0.1, 0.15) is 0 Å². The van der Waals surface area contributed by atoms with Gasteiger partial charge in [0, 0.05) is 0 Å². The molecule has 17 heavy (non-hydrogen) atoms. The van der Waals surface area contributed by atoms with E-state index < -0.39 is 15.8 Å². The first-order chi connectivity index (χ1) is 7.97. The van der Waals surface area contributed by atoms with Crippen LogP contribution in [0, 0.1) is 11.7 Å². The minimum Gasteiger partial charge on any atom is -0.491 e. The van der Waals surface area contributed by atoms with Crippen LogP contribution in [0.15, 0.2) is 23.1 Å². The van der Waals surface area contributed by atoms with Crippen LogP contribution in [0.5, 0.6) is 5.75 Å². The maximum absolute atomic E-state index is 13.5. The molecule has 0 bridgehead atoms. The van der Waals surface area contributed by atoms with Crippen LogP contribution in [-0.2, 0) is 10.0 Å². The van der Waals surface area contributed by atoms with Crippen molar-refractivity contribution >= 4 is 10.0 Å². The molecule has 0 atom stereocenters. The standard InChI is InChI=1S/C11H14FNO3S/c12-10-7-9(17(13,14)15)3-4-11(10)16-6-5-8-1-2-8/h3-4,7-8H,1-2,5-6H2,(H2,13,14,15). The summed E-state index contributed by atoms with van der Waals surface area (Å²) in [5.74, 6) is 0.0760. The Morgan fingerprint density at radius 1 is 1.41 bits per heavy atom. The van der Waals surface area contributed by atoms with Gasteiger partial charge in [0.25, 0.3) is 0 Å². The van der Waals surface area contributed by atoms with Crippen molar-refractivity contribution in [2.75, 3.05) is 6.61 Å². The van der Waals surface area contributed by atoms with E-state index in [4.69, 9.17) is 9.88 Å². The van der Waals surface area contributed by atoms with Gasteiger partial charge in [-0.05, 0) is 30.5 Å². The van der Waals surface area contributed by atoms with Crippen LogP contribution in [0.25, 0.3) is 0 Å². The van der Waals surface area contributed by atoms with E-state index in [1.807, 2.05) is 0 Å². The molecule has 1 aliphatic carbocycles. The Kier molecular flexibility index (Phi) is 3.35. The van der Waals surface area contributed by atoms with Crippen LogP contribution in [-0.4, -0.2) is 15.0 Å². The molecule has 0 saturated heterocycles. The monoisotopic (exact) mass is 259 g/mol. The van der Waals surface area contributed by atoms with E-state index in [1.165, 1.54) is 25.0 Å². The second-order valence-corrected chi connectivity index (χ2v) is 5.78. The topological polar surface area (TPSA) is 69.4 Å². The van der Waals surface area contributed by atoms with Gasteiger partial charge in [0.2, 0.25) is 10.0 Å². The average molecular weight is 259 g/mol. The van der Waals surface area contributed by atoms with Gasteiger partial charge in [0.15, 0.2) is 11.6 Å². The Morgan fingerprint density at radius 3 is 2.65 bits per heavy atom. The molecule has 94 valence electrons. The minimum atomic E-state index is -3.86. The fourth-order valence-corrected chi connectivity index (χ4v) is 2.04. The van der Waals surface area contributed by atoms with Gasteiger partial charge in [-0.25, -0.2) is 17.9 Å². The summed E-state index contributed by atoms with van der Waals surface area (Å²) in [7, 11) is -3.86. The van der Waals surface area contributed by atoms with Crippen molar-refractivity contribution in [2.45, 2.75) is 24.2 Å². The van der Waals surface area contributed by atoms with Crippen LogP contribution >= 0.6 is 0 Å². The molecule has 0 unspecified atom stereocenters. The number of hydrogen-bond acceptors (Lipinski definition) is 3. The zero-order valence-corrected chi connectivity index (χ0v) is 10.0. The van der Waals surface area contributed by atoms with Crippen molar-refractivity contribution < 1.29 is 17.5 Å². The molecule has 1 aromatic rings. The minimum absolute atomic E-state index is 0.0676. The van der Waals surface area contributed by atoms with Crippen molar-refractivity contribution in [3.05, 3.63) is 24.0 Å². The summed E-state index contributed by atoms with van der Waals surface area (Å²) in [6.07, 6.45) is 3.35. The molecule has 1 aromatic carbocycles. The molecule has 2 N–H and O–H groups in total. The van der Waals surface area contributed by atoms with Gasteiger partial charge in [0.05, 0.1) is 11.5 Å². The number of sulfonamides is 1. The van der Waals surface area contributed by atoms with Gasteiger partial charge in [-0.15, -0.1) is 0 Å². The number of primary sulfonamides is 1. The van der Waals surface area contributed by atoms with Gasteiger partial charge in [-0.1, -0.05) is 12.8 Å². The fourth-order valence-electron chi connectivity index (χ4n) is 1.52. The van der Waals surface area contributed by atoms with Crippen molar-refractivity contribution in [2.24, 2.45) is 11.1 Å². The predicted molar refractivity (Wildman–Crippen MR) is 60.6 cm³/mol. The molecule has 2 rings (SSSR count). The number of hydrogen-bond donors (Lipinski definition) is 1. The second-order valence-electron chi connectivity index (χ2n) is 4.22. The summed E-state index contributed by atoms with van der Waals surface area (Å²) in [6.45, 7) is 0.455. The highest BCUT2D eigenvalue weighted by atomic mass is 32.2. The van der Waals surface area contributed by atoms with E-state index in [9.17, 15) is 12.8 Å². The number of nitrogens with two attached hydrogens (primary N) is 1. The third kappa shape index (κ3) is 3.41. The van der Waals surface area contributed by atoms with Crippen molar-refractivity contribution in [3.8, 4) is 5.75 Å². The zero-order valence-electron chi connectivity index (χ0n) is 9.23. The predicted octanol–water partition coefficient (Wildman–Crippen LogP) is 1.65. The first-order valence-electron chi connectivity index (χ1n) is 5.42. The lowest BCUT2D eigenvalue weighted by Gasteiger charge is -2.07. The molecular weight excluding hydrogens is 245 g/mol. The van der Waals surface area contributed by atoms with Crippen LogP contribution in [0.4, 0.5) is 4.39 Å². The molecule has 1 fully saturated rings. The SMILES string of the molecule is NS(=O)(=O)c1ccc(OCCC2CC2)c(F)c1. The fraction of sp³-hybridized carbons (Fsp3) is 0.455. The summed E-state index contributed by atoms with van der Waals surface area (Å²) in [6, 6.07) is 3.41. The Labute approximate surface area is 99.6 Å². The van der Waals surface area contributed by atoms with E-state index in [0.717, 1.165) is 12.5 Å². The highest BCUT2D eigenvalue weighted by Gasteiger charge is 2.21. The number of ether oxygens (including phenoxy) is 1. The number of rotatable bonds is 5. The van der Waals surface area contributed by atoms with Gasteiger partial charge < -0.3 is 4.74 Å². The van der Waals surface area contributed by atoms with Gasteiger partial charge in [-0.2, -0.15) is 0 Å². The average Bonchev–Trinajstić information content (AvgIpc) is 3.02. The first kappa shape index (κ1) is 12.3. The van der Waals surface area contributed by atoms with Crippen LogP contribution < -0.4 is 9.88 Å². The molecule has 0 spiro atoms.